The predicted molar refractivity (Wildman–Crippen MR) is 98.2 cm³/mol. The van der Waals surface area contributed by atoms with Gasteiger partial charge in [-0.25, -0.2) is 4.98 Å². The van der Waals surface area contributed by atoms with Crippen LogP contribution in [-0.4, -0.2) is 28.0 Å². The molecule has 5 heteroatoms. The Hall–Kier alpha value is -1.81. The van der Waals surface area contributed by atoms with Crippen LogP contribution in [0, 0.1) is 0 Å². The predicted octanol–water partition coefficient (Wildman–Crippen LogP) is 4.76. The summed E-state index contributed by atoms with van der Waals surface area (Å²) in [7, 11) is 2.13. The smallest absolute Gasteiger partial charge is 0.0991 e. The van der Waals surface area contributed by atoms with Gasteiger partial charge in [0, 0.05) is 47.1 Å². The zero-order chi connectivity index (χ0) is 16.7. The van der Waals surface area contributed by atoms with Gasteiger partial charge in [0.2, 0.25) is 0 Å². The summed E-state index contributed by atoms with van der Waals surface area (Å²) < 4.78 is 2.02. The lowest BCUT2D eigenvalue weighted by Gasteiger charge is -2.33. The molecule has 4 rings (SSSR count). The van der Waals surface area contributed by atoms with Gasteiger partial charge >= 0.3 is 0 Å². The largest absolute Gasteiger partial charge is 0.306 e. The third-order valence-electron chi connectivity index (χ3n) is 4.57. The summed E-state index contributed by atoms with van der Waals surface area (Å²) in [4.78, 5) is 6.43. The number of halogens is 2. The molecule has 3 aromatic rings. The molecule has 1 aliphatic heterocycles. The average molecular weight is 358 g/mol. The minimum atomic E-state index is 0.249. The highest BCUT2D eigenvalue weighted by Gasteiger charge is 2.27. The molecule has 0 fully saturated rings. The van der Waals surface area contributed by atoms with Gasteiger partial charge in [0.1, 0.15) is 0 Å². The maximum atomic E-state index is 6.45. The Bertz CT molecular complexity index is 874. The molecule has 0 amide bonds. The van der Waals surface area contributed by atoms with E-state index in [1.54, 1.807) is 6.20 Å². The van der Waals surface area contributed by atoms with Crippen molar-refractivity contribution in [2.75, 3.05) is 13.6 Å². The molecular formula is C19H17Cl2N3. The van der Waals surface area contributed by atoms with Crippen LogP contribution in [0.3, 0.4) is 0 Å². The van der Waals surface area contributed by atoms with Crippen molar-refractivity contribution in [3.05, 3.63) is 81.9 Å². The number of hydrogen-bond acceptors (Lipinski definition) is 2. The molecule has 2 heterocycles. The molecule has 0 radical (unpaired) electrons. The van der Waals surface area contributed by atoms with Gasteiger partial charge < -0.3 is 9.47 Å². The van der Waals surface area contributed by atoms with Crippen molar-refractivity contribution in [2.45, 2.75) is 12.5 Å². The van der Waals surface area contributed by atoms with E-state index in [1.165, 1.54) is 16.7 Å². The third kappa shape index (κ3) is 2.84. The zero-order valence-corrected chi connectivity index (χ0v) is 14.8. The Labute approximate surface area is 151 Å². The first-order valence-electron chi connectivity index (χ1n) is 7.86. The molecule has 0 aliphatic carbocycles. The van der Waals surface area contributed by atoms with Crippen LogP contribution in [-0.2, 0) is 6.54 Å². The third-order valence-corrected chi connectivity index (χ3v) is 5.12. The molecule has 0 spiro atoms. The van der Waals surface area contributed by atoms with Gasteiger partial charge in [0.25, 0.3) is 0 Å². The molecule has 1 atom stereocenters. The quantitative estimate of drug-likeness (QED) is 0.659. The van der Waals surface area contributed by atoms with Gasteiger partial charge in [0.05, 0.1) is 6.33 Å². The van der Waals surface area contributed by atoms with Crippen molar-refractivity contribution in [3.8, 4) is 5.69 Å². The number of imidazole rings is 1. The fourth-order valence-corrected chi connectivity index (χ4v) is 4.01. The highest BCUT2D eigenvalue weighted by atomic mass is 35.5. The molecule has 3 nitrogen and oxygen atoms in total. The molecule has 0 saturated heterocycles. The van der Waals surface area contributed by atoms with Crippen molar-refractivity contribution in [1.29, 1.82) is 0 Å². The number of fused-ring (bicyclic) bond motifs is 1. The SMILES string of the molecule is CN1Cc2c(Cl)cc(Cl)cc2[C@H](c2cccc(-n3ccnc3)c2)C1. The van der Waals surface area contributed by atoms with Gasteiger partial charge in [-0.1, -0.05) is 35.3 Å². The number of aromatic nitrogens is 2. The molecule has 0 saturated carbocycles. The lowest BCUT2D eigenvalue weighted by molar-refractivity contribution is 0.295. The minimum Gasteiger partial charge on any atom is -0.306 e. The molecule has 2 aromatic carbocycles. The standard InChI is InChI=1S/C19H17Cl2N3/c1-23-10-17(16-8-14(20)9-19(21)18(16)11-23)13-3-2-4-15(7-13)24-6-5-22-12-24/h2-9,12,17H,10-11H2,1H3/t17-/m0/s1. The highest BCUT2D eigenvalue weighted by molar-refractivity contribution is 6.35. The minimum absolute atomic E-state index is 0.249. The van der Waals surface area contributed by atoms with Crippen LogP contribution in [0.25, 0.3) is 5.69 Å². The van der Waals surface area contributed by atoms with Crippen LogP contribution in [0.1, 0.15) is 22.6 Å². The summed E-state index contributed by atoms with van der Waals surface area (Å²) >= 11 is 12.7. The van der Waals surface area contributed by atoms with Crippen molar-refractivity contribution in [1.82, 2.24) is 14.5 Å². The van der Waals surface area contributed by atoms with E-state index in [9.17, 15) is 0 Å². The monoisotopic (exact) mass is 357 g/mol. The van der Waals surface area contributed by atoms with Gasteiger partial charge in [0.15, 0.2) is 0 Å². The molecule has 24 heavy (non-hydrogen) atoms. The highest BCUT2D eigenvalue weighted by Crippen LogP contribution is 2.38. The molecule has 0 unspecified atom stereocenters. The van der Waals surface area contributed by atoms with Crippen LogP contribution in [0.4, 0.5) is 0 Å². The van der Waals surface area contributed by atoms with E-state index in [-0.39, 0.29) is 5.92 Å². The Kier molecular flexibility index (Phi) is 4.09. The second kappa shape index (κ2) is 6.25. The van der Waals surface area contributed by atoms with Crippen molar-refractivity contribution in [3.63, 3.8) is 0 Å². The number of benzene rings is 2. The Morgan fingerprint density at radius 2 is 2.04 bits per heavy atom. The van der Waals surface area contributed by atoms with Crippen LogP contribution in [0.2, 0.25) is 10.0 Å². The summed E-state index contributed by atoms with van der Waals surface area (Å²) in [5.74, 6) is 0.249. The van der Waals surface area contributed by atoms with E-state index in [1.807, 2.05) is 23.2 Å². The lowest BCUT2D eigenvalue weighted by Crippen LogP contribution is -2.31. The van der Waals surface area contributed by atoms with Crippen molar-refractivity contribution < 1.29 is 0 Å². The van der Waals surface area contributed by atoms with Gasteiger partial charge in [-0.15, -0.1) is 0 Å². The molecule has 1 aromatic heterocycles. The molecule has 0 bridgehead atoms. The Balaban J connectivity index is 1.82. The van der Waals surface area contributed by atoms with E-state index < -0.39 is 0 Å². The molecular weight excluding hydrogens is 341 g/mol. The van der Waals surface area contributed by atoms with E-state index in [4.69, 9.17) is 23.2 Å². The van der Waals surface area contributed by atoms with Crippen molar-refractivity contribution >= 4 is 23.2 Å². The average Bonchev–Trinajstić information content (AvgIpc) is 3.10. The van der Waals surface area contributed by atoms with E-state index in [2.05, 4.69) is 47.3 Å². The fourth-order valence-electron chi connectivity index (χ4n) is 3.44. The number of rotatable bonds is 2. The molecule has 122 valence electrons. The summed E-state index contributed by atoms with van der Waals surface area (Å²) in [5.41, 5.74) is 4.77. The Morgan fingerprint density at radius 3 is 2.83 bits per heavy atom. The maximum Gasteiger partial charge on any atom is 0.0991 e. The van der Waals surface area contributed by atoms with Gasteiger partial charge in [-0.05, 0) is 48.0 Å². The van der Waals surface area contributed by atoms with E-state index in [0.717, 1.165) is 23.8 Å². The summed E-state index contributed by atoms with van der Waals surface area (Å²) in [6, 6.07) is 12.5. The summed E-state index contributed by atoms with van der Waals surface area (Å²) in [6.07, 6.45) is 5.55. The van der Waals surface area contributed by atoms with E-state index in [0.29, 0.717) is 5.02 Å². The van der Waals surface area contributed by atoms with E-state index >= 15 is 0 Å². The summed E-state index contributed by atoms with van der Waals surface area (Å²) in [5, 5.41) is 1.44. The van der Waals surface area contributed by atoms with Gasteiger partial charge in [-0.2, -0.15) is 0 Å². The zero-order valence-electron chi connectivity index (χ0n) is 13.3. The topological polar surface area (TPSA) is 21.1 Å². The first-order valence-corrected chi connectivity index (χ1v) is 8.62. The van der Waals surface area contributed by atoms with Crippen LogP contribution in [0.15, 0.2) is 55.1 Å². The van der Waals surface area contributed by atoms with Gasteiger partial charge in [-0.3, -0.25) is 0 Å². The lowest BCUT2D eigenvalue weighted by atomic mass is 9.84. The van der Waals surface area contributed by atoms with Crippen molar-refractivity contribution in [2.24, 2.45) is 0 Å². The fraction of sp³-hybridized carbons (Fsp3) is 0.211. The second-order valence-electron chi connectivity index (χ2n) is 6.27. The maximum absolute atomic E-state index is 6.45. The van der Waals surface area contributed by atoms with Crippen LogP contribution in [0.5, 0.6) is 0 Å². The summed E-state index contributed by atoms with van der Waals surface area (Å²) in [6.45, 7) is 1.79. The van der Waals surface area contributed by atoms with Crippen LogP contribution < -0.4 is 0 Å². The first-order chi connectivity index (χ1) is 11.6. The molecule has 1 aliphatic rings. The number of nitrogens with zero attached hydrogens (tertiary/aromatic N) is 3. The second-order valence-corrected chi connectivity index (χ2v) is 7.11. The van der Waals surface area contributed by atoms with Crippen LogP contribution >= 0.6 is 23.2 Å². The molecule has 0 N–H and O–H groups in total. The number of hydrogen-bond donors (Lipinski definition) is 0. The number of likely N-dealkylation sites (N-methyl/N-ethyl adjacent to an activating group) is 1. The normalized spacial score (nSPS) is 17.7. The Morgan fingerprint density at radius 1 is 1.17 bits per heavy atom. The first kappa shape index (κ1) is 15.7.